The molecule has 2 N–H and O–H groups in total. The molecule has 1 rings (SSSR count). The fourth-order valence-electron chi connectivity index (χ4n) is 1.36. The van der Waals surface area contributed by atoms with Crippen LogP contribution in [0.1, 0.15) is 26.7 Å². The van der Waals surface area contributed by atoms with Crippen molar-refractivity contribution in [3.63, 3.8) is 0 Å². The van der Waals surface area contributed by atoms with Crippen molar-refractivity contribution in [1.29, 1.82) is 0 Å². The zero-order valence-corrected chi connectivity index (χ0v) is 11.4. The minimum absolute atomic E-state index is 0.496. The van der Waals surface area contributed by atoms with Crippen LogP contribution in [0.4, 0.5) is 5.69 Å². The summed E-state index contributed by atoms with van der Waals surface area (Å²) in [6.45, 7) is 5.11. The summed E-state index contributed by atoms with van der Waals surface area (Å²) in [5.74, 6) is -0.529. The molecule has 19 heavy (non-hydrogen) atoms. The Morgan fingerprint density at radius 2 is 1.74 bits per heavy atom. The van der Waals surface area contributed by atoms with Crippen LogP contribution in [-0.2, 0) is 9.59 Å². The van der Waals surface area contributed by atoms with Gasteiger partial charge in [-0.2, -0.15) is 0 Å². The Labute approximate surface area is 113 Å². The quantitative estimate of drug-likeness (QED) is 0.772. The van der Waals surface area contributed by atoms with E-state index in [4.69, 9.17) is 4.74 Å². The van der Waals surface area contributed by atoms with Gasteiger partial charge in [-0.3, -0.25) is 9.59 Å². The van der Waals surface area contributed by atoms with E-state index in [1.54, 1.807) is 24.3 Å². The van der Waals surface area contributed by atoms with Gasteiger partial charge in [0.15, 0.2) is 0 Å². The first-order chi connectivity index (χ1) is 9.17. The van der Waals surface area contributed by atoms with Crippen LogP contribution in [0.5, 0.6) is 5.75 Å². The first-order valence-electron chi connectivity index (χ1n) is 6.49. The molecule has 0 aliphatic rings. The molecule has 0 saturated heterocycles. The number of benzene rings is 1. The van der Waals surface area contributed by atoms with Crippen LogP contribution in [-0.4, -0.2) is 25.0 Å². The van der Waals surface area contributed by atoms with Gasteiger partial charge in [0.2, 0.25) is 0 Å². The molecule has 2 amide bonds. The number of hydrogen-bond donors (Lipinski definition) is 2. The zero-order chi connectivity index (χ0) is 14.1. The van der Waals surface area contributed by atoms with Crippen LogP contribution >= 0.6 is 0 Å². The SMILES string of the molecule is CCCNC(=O)C(=O)Nc1ccc(OCCC)cc1. The lowest BCUT2D eigenvalue weighted by Gasteiger charge is -2.07. The molecule has 5 nitrogen and oxygen atoms in total. The van der Waals surface area contributed by atoms with Crippen molar-refractivity contribution < 1.29 is 14.3 Å². The maximum Gasteiger partial charge on any atom is 0.313 e. The van der Waals surface area contributed by atoms with Crippen LogP contribution in [0.25, 0.3) is 0 Å². The highest BCUT2D eigenvalue weighted by Gasteiger charge is 2.12. The Bertz CT molecular complexity index is 415. The van der Waals surface area contributed by atoms with E-state index in [0.29, 0.717) is 18.8 Å². The molecule has 0 atom stereocenters. The largest absolute Gasteiger partial charge is 0.494 e. The molecule has 0 radical (unpaired) electrons. The van der Waals surface area contributed by atoms with Gasteiger partial charge in [0.25, 0.3) is 0 Å². The smallest absolute Gasteiger partial charge is 0.313 e. The van der Waals surface area contributed by atoms with E-state index in [1.165, 1.54) is 0 Å². The molecule has 1 aromatic rings. The highest BCUT2D eigenvalue weighted by Crippen LogP contribution is 2.15. The molecule has 0 heterocycles. The highest BCUT2D eigenvalue weighted by atomic mass is 16.5. The number of carbonyl (C=O) groups is 2. The van der Waals surface area contributed by atoms with Gasteiger partial charge >= 0.3 is 11.8 Å². The molecule has 0 bridgehead atoms. The van der Waals surface area contributed by atoms with Crippen molar-refractivity contribution in [3.8, 4) is 5.75 Å². The van der Waals surface area contributed by atoms with E-state index in [1.807, 2.05) is 13.8 Å². The average molecular weight is 264 g/mol. The molecule has 0 aliphatic heterocycles. The Balaban J connectivity index is 2.48. The van der Waals surface area contributed by atoms with Crippen LogP contribution in [0.3, 0.4) is 0 Å². The molecule has 0 fully saturated rings. The Hall–Kier alpha value is -2.04. The number of carbonyl (C=O) groups excluding carboxylic acids is 2. The predicted octanol–water partition coefficient (Wildman–Crippen LogP) is 1.94. The molecule has 0 aromatic heterocycles. The lowest BCUT2D eigenvalue weighted by molar-refractivity contribution is -0.136. The van der Waals surface area contributed by atoms with E-state index in [9.17, 15) is 9.59 Å². The number of ether oxygens (including phenoxy) is 1. The maximum atomic E-state index is 11.5. The topological polar surface area (TPSA) is 67.4 Å². The van der Waals surface area contributed by atoms with Gasteiger partial charge < -0.3 is 15.4 Å². The third kappa shape index (κ3) is 5.42. The van der Waals surface area contributed by atoms with Crippen molar-refractivity contribution in [2.75, 3.05) is 18.5 Å². The summed E-state index contributed by atoms with van der Waals surface area (Å²) in [6.07, 6.45) is 1.73. The first-order valence-corrected chi connectivity index (χ1v) is 6.49. The zero-order valence-electron chi connectivity index (χ0n) is 11.4. The van der Waals surface area contributed by atoms with Crippen molar-refractivity contribution >= 4 is 17.5 Å². The van der Waals surface area contributed by atoms with E-state index < -0.39 is 11.8 Å². The monoisotopic (exact) mass is 264 g/mol. The average Bonchev–Trinajstić information content (AvgIpc) is 2.43. The van der Waals surface area contributed by atoms with Crippen LogP contribution < -0.4 is 15.4 Å². The molecule has 5 heteroatoms. The second-order valence-electron chi connectivity index (χ2n) is 4.08. The number of amides is 2. The summed E-state index contributed by atoms with van der Waals surface area (Å²) in [4.78, 5) is 22.9. The Morgan fingerprint density at radius 3 is 2.32 bits per heavy atom. The van der Waals surface area contributed by atoms with Gasteiger partial charge in [-0.25, -0.2) is 0 Å². The summed E-state index contributed by atoms with van der Waals surface area (Å²) in [6, 6.07) is 6.93. The Kier molecular flexibility index (Phi) is 6.43. The fourth-order valence-corrected chi connectivity index (χ4v) is 1.36. The first kappa shape index (κ1) is 15.0. The van der Waals surface area contributed by atoms with E-state index in [2.05, 4.69) is 10.6 Å². The molecule has 1 aromatic carbocycles. The highest BCUT2D eigenvalue weighted by molar-refractivity contribution is 6.39. The van der Waals surface area contributed by atoms with Crippen molar-refractivity contribution in [3.05, 3.63) is 24.3 Å². The molecular weight excluding hydrogens is 244 g/mol. The summed E-state index contributed by atoms with van der Waals surface area (Å²) < 4.78 is 5.42. The van der Waals surface area contributed by atoms with Gasteiger partial charge in [0.1, 0.15) is 5.75 Å². The summed E-state index contributed by atoms with van der Waals surface area (Å²) >= 11 is 0. The van der Waals surface area contributed by atoms with Crippen LogP contribution in [0.2, 0.25) is 0 Å². The van der Waals surface area contributed by atoms with Crippen molar-refractivity contribution in [2.24, 2.45) is 0 Å². The van der Waals surface area contributed by atoms with Crippen molar-refractivity contribution in [2.45, 2.75) is 26.7 Å². The second-order valence-corrected chi connectivity index (χ2v) is 4.08. The maximum absolute atomic E-state index is 11.5. The summed E-state index contributed by atoms with van der Waals surface area (Å²) in [5, 5.41) is 5.04. The number of anilines is 1. The standard InChI is InChI=1S/C14H20N2O3/c1-3-9-15-13(17)14(18)16-11-5-7-12(8-6-11)19-10-4-2/h5-8H,3-4,9-10H2,1-2H3,(H,15,17)(H,16,18). The van der Waals surface area contributed by atoms with E-state index in [-0.39, 0.29) is 0 Å². The lowest BCUT2D eigenvalue weighted by atomic mass is 10.3. The third-order valence-electron chi connectivity index (χ3n) is 2.33. The Morgan fingerprint density at radius 1 is 1.05 bits per heavy atom. The predicted molar refractivity (Wildman–Crippen MR) is 74.2 cm³/mol. The number of nitrogens with one attached hydrogen (secondary N) is 2. The van der Waals surface area contributed by atoms with Crippen LogP contribution in [0, 0.1) is 0 Å². The fraction of sp³-hybridized carbons (Fsp3) is 0.429. The molecule has 0 spiro atoms. The third-order valence-corrected chi connectivity index (χ3v) is 2.33. The van der Waals surface area contributed by atoms with Gasteiger partial charge in [0.05, 0.1) is 6.61 Å². The van der Waals surface area contributed by atoms with Gasteiger partial charge in [-0.1, -0.05) is 13.8 Å². The minimum Gasteiger partial charge on any atom is -0.494 e. The number of rotatable bonds is 6. The molecule has 0 unspecified atom stereocenters. The molecular formula is C14H20N2O3. The van der Waals surface area contributed by atoms with Crippen molar-refractivity contribution in [1.82, 2.24) is 5.32 Å². The lowest BCUT2D eigenvalue weighted by Crippen LogP contribution is -2.35. The van der Waals surface area contributed by atoms with E-state index >= 15 is 0 Å². The summed E-state index contributed by atoms with van der Waals surface area (Å²) in [7, 11) is 0. The normalized spacial score (nSPS) is 9.79. The molecule has 0 aliphatic carbocycles. The summed E-state index contributed by atoms with van der Waals surface area (Å²) in [5.41, 5.74) is 0.570. The van der Waals surface area contributed by atoms with Gasteiger partial charge in [0, 0.05) is 12.2 Å². The van der Waals surface area contributed by atoms with Gasteiger partial charge in [-0.15, -0.1) is 0 Å². The number of hydrogen-bond acceptors (Lipinski definition) is 3. The van der Waals surface area contributed by atoms with Gasteiger partial charge in [-0.05, 0) is 37.1 Å². The molecule has 0 saturated carbocycles. The molecule has 104 valence electrons. The minimum atomic E-state index is -0.657. The van der Waals surface area contributed by atoms with Crippen LogP contribution in [0.15, 0.2) is 24.3 Å². The second kappa shape index (κ2) is 8.13. The van der Waals surface area contributed by atoms with E-state index in [0.717, 1.165) is 18.6 Å².